The van der Waals surface area contributed by atoms with Crippen molar-refractivity contribution in [2.45, 2.75) is 57.5 Å². The molecule has 4 nitrogen and oxygen atoms in total. The van der Waals surface area contributed by atoms with Crippen LogP contribution >= 0.6 is 11.3 Å². The molecule has 3 heterocycles. The first-order valence-corrected chi connectivity index (χ1v) is 14.1. The van der Waals surface area contributed by atoms with E-state index in [1.807, 2.05) is 35.8 Å². The fourth-order valence-corrected chi connectivity index (χ4v) is 6.08. The summed E-state index contributed by atoms with van der Waals surface area (Å²) in [4.78, 5) is 21.4. The van der Waals surface area contributed by atoms with Gasteiger partial charge >= 0.3 is 12.4 Å². The molecule has 0 bridgehead atoms. The number of piperidine rings is 1. The zero-order chi connectivity index (χ0) is 28.5. The smallest absolute Gasteiger partial charge is 0.352 e. The second kappa shape index (κ2) is 11.2. The van der Waals surface area contributed by atoms with E-state index in [1.54, 1.807) is 11.3 Å². The second-order valence-electron chi connectivity index (χ2n) is 10.8. The Balaban J connectivity index is 1.23. The summed E-state index contributed by atoms with van der Waals surface area (Å²) in [5, 5.41) is 4.68. The standard InChI is InChI=1S/C29H29F6N3OS/c30-28(31,32)22-12-21(13-23(14-22)29(33,34)35)17-37-26(39)27(15-19-3-4-19)7-9-38(10-8-27)18-20-5-6-24(36-16-20)25-2-1-11-40-25/h1-2,5-6,11-14,16,19H,3-4,7-10,15,17-18H2,(H,37,39). The Morgan fingerprint density at radius 2 is 1.65 bits per heavy atom. The third-order valence-corrected chi connectivity index (χ3v) is 8.67. The third kappa shape index (κ3) is 6.86. The molecule has 1 aliphatic heterocycles. The van der Waals surface area contributed by atoms with Crippen LogP contribution in [0.3, 0.4) is 0 Å². The Labute approximate surface area is 232 Å². The molecule has 2 fully saturated rings. The van der Waals surface area contributed by atoms with Crippen molar-refractivity contribution in [3.05, 3.63) is 76.3 Å². The molecule has 1 aromatic carbocycles. The Morgan fingerprint density at radius 1 is 0.975 bits per heavy atom. The number of aromatic nitrogens is 1. The van der Waals surface area contributed by atoms with Crippen LogP contribution in [0, 0.1) is 11.3 Å². The van der Waals surface area contributed by atoms with Gasteiger partial charge in [0.25, 0.3) is 0 Å². The fourth-order valence-electron chi connectivity index (χ4n) is 5.38. The molecule has 1 saturated heterocycles. The summed E-state index contributed by atoms with van der Waals surface area (Å²) in [5.74, 6) is 0.128. The molecule has 2 aliphatic rings. The van der Waals surface area contributed by atoms with E-state index in [0.717, 1.165) is 29.0 Å². The first-order chi connectivity index (χ1) is 18.9. The number of pyridine rings is 1. The molecule has 1 amide bonds. The summed E-state index contributed by atoms with van der Waals surface area (Å²) in [6, 6.07) is 9.48. The number of carbonyl (C=O) groups is 1. The van der Waals surface area contributed by atoms with Gasteiger partial charge in [-0.15, -0.1) is 11.3 Å². The van der Waals surface area contributed by atoms with Crippen LogP contribution in [0.5, 0.6) is 0 Å². The number of carbonyl (C=O) groups excluding carboxylic acids is 1. The van der Waals surface area contributed by atoms with E-state index in [1.165, 1.54) is 0 Å². The molecule has 1 aliphatic carbocycles. The van der Waals surface area contributed by atoms with Crippen LogP contribution in [0.2, 0.25) is 0 Å². The maximum absolute atomic E-state index is 13.5. The molecule has 0 radical (unpaired) electrons. The predicted octanol–water partition coefficient (Wildman–Crippen LogP) is 7.55. The van der Waals surface area contributed by atoms with Crippen molar-refractivity contribution >= 4 is 17.2 Å². The van der Waals surface area contributed by atoms with Gasteiger partial charge in [-0.2, -0.15) is 26.3 Å². The van der Waals surface area contributed by atoms with Crippen molar-refractivity contribution in [2.24, 2.45) is 11.3 Å². The lowest BCUT2D eigenvalue weighted by molar-refractivity contribution is -0.143. The van der Waals surface area contributed by atoms with Crippen molar-refractivity contribution in [1.29, 1.82) is 0 Å². The summed E-state index contributed by atoms with van der Waals surface area (Å²) in [6.45, 7) is 1.61. The largest absolute Gasteiger partial charge is 0.416 e. The molecule has 0 spiro atoms. The van der Waals surface area contributed by atoms with Crippen molar-refractivity contribution < 1.29 is 31.1 Å². The van der Waals surface area contributed by atoms with Crippen molar-refractivity contribution in [2.75, 3.05) is 13.1 Å². The van der Waals surface area contributed by atoms with Gasteiger partial charge in [0.15, 0.2) is 0 Å². The van der Waals surface area contributed by atoms with Crippen LogP contribution < -0.4 is 5.32 Å². The van der Waals surface area contributed by atoms with E-state index in [9.17, 15) is 31.1 Å². The minimum atomic E-state index is -4.93. The Kier molecular flexibility index (Phi) is 7.98. The van der Waals surface area contributed by atoms with E-state index >= 15 is 0 Å². The number of thiophene rings is 1. The highest BCUT2D eigenvalue weighted by Gasteiger charge is 2.45. The minimum absolute atomic E-state index is 0.0981. The van der Waals surface area contributed by atoms with E-state index in [2.05, 4.69) is 15.2 Å². The average molecular weight is 582 g/mol. The topological polar surface area (TPSA) is 45.2 Å². The second-order valence-corrected chi connectivity index (χ2v) is 11.8. The van der Waals surface area contributed by atoms with Crippen LogP contribution in [0.1, 0.15) is 54.4 Å². The number of alkyl halides is 6. The molecule has 0 unspecified atom stereocenters. The SMILES string of the molecule is O=C(NCc1cc(C(F)(F)F)cc(C(F)(F)F)c1)C1(CC2CC2)CCN(Cc2ccc(-c3cccs3)nc2)CC1. The third-order valence-electron chi connectivity index (χ3n) is 7.78. The molecule has 40 heavy (non-hydrogen) atoms. The lowest BCUT2D eigenvalue weighted by atomic mass is 9.73. The highest BCUT2D eigenvalue weighted by atomic mass is 32.1. The van der Waals surface area contributed by atoms with Crippen LogP contribution in [-0.4, -0.2) is 28.9 Å². The average Bonchev–Trinajstić information content (AvgIpc) is 3.55. The lowest BCUT2D eigenvalue weighted by Gasteiger charge is -2.41. The number of hydrogen-bond donors (Lipinski definition) is 1. The lowest BCUT2D eigenvalue weighted by Crippen LogP contribution is -2.48. The highest BCUT2D eigenvalue weighted by molar-refractivity contribution is 7.13. The Morgan fingerprint density at radius 3 is 2.17 bits per heavy atom. The summed E-state index contributed by atoms with van der Waals surface area (Å²) >= 11 is 1.62. The normalized spacial score (nSPS) is 18.1. The number of likely N-dealkylation sites (tertiary alicyclic amines) is 1. The van der Waals surface area contributed by atoms with Gasteiger partial charge in [0.1, 0.15) is 0 Å². The van der Waals surface area contributed by atoms with Crippen molar-refractivity contribution in [3.8, 4) is 10.6 Å². The van der Waals surface area contributed by atoms with Gasteiger partial charge in [-0.25, -0.2) is 0 Å². The zero-order valence-electron chi connectivity index (χ0n) is 21.6. The number of hydrogen-bond acceptors (Lipinski definition) is 4. The fraction of sp³-hybridized carbons (Fsp3) is 0.448. The number of rotatable bonds is 8. The molecule has 5 rings (SSSR count). The van der Waals surface area contributed by atoms with Crippen LogP contribution in [0.4, 0.5) is 26.3 Å². The van der Waals surface area contributed by atoms with Crippen molar-refractivity contribution in [3.63, 3.8) is 0 Å². The highest BCUT2D eigenvalue weighted by Crippen LogP contribution is 2.46. The number of nitrogens with one attached hydrogen (secondary N) is 1. The van der Waals surface area contributed by atoms with Crippen molar-refractivity contribution in [1.82, 2.24) is 15.2 Å². The number of benzene rings is 1. The molecule has 2 aromatic heterocycles. The number of amides is 1. The van der Waals surface area contributed by atoms with Gasteiger partial charge in [-0.1, -0.05) is 25.0 Å². The maximum atomic E-state index is 13.5. The quantitative estimate of drug-likeness (QED) is 0.280. The zero-order valence-corrected chi connectivity index (χ0v) is 22.4. The van der Waals surface area contributed by atoms with Gasteiger partial charge in [0.2, 0.25) is 5.91 Å². The first kappa shape index (κ1) is 28.6. The maximum Gasteiger partial charge on any atom is 0.416 e. The monoisotopic (exact) mass is 581 g/mol. The van der Waals surface area contributed by atoms with Gasteiger partial charge in [0.05, 0.1) is 27.1 Å². The van der Waals surface area contributed by atoms with Crippen LogP contribution in [-0.2, 0) is 30.2 Å². The molecular weight excluding hydrogens is 552 g/mol. The minimum Gasteiger partial charge on any atom is -0.352 e. The van der Waals surface area contributed by atoms with E-state index < -0.39 is 35.4 Å². The van der Waals surface area contributed by atoms with E-state index in [0.29, 0.717) is 56.9 Å². The van der Waals surface area contributed by atoms with E-state index in [-0.39, 0.29) is 17.5 Å². The predicted molar refractivity (Wildman–Crippen MR) is 140 cm³/mol. The van der Waals surface area contributed by atoms with Gasteiger partial charge in [-0.3, -0.25) is 14.7 Å². The molecular formula is C29H29F6N3OS. The van der Waals surface area contributed by atoms with Gasteiger partial charge in [0, 0.05) is 19.3 Å². The molecule has 11 heteroatoms. The molecule has 214 valence electrons. The summed E-state index contributed by atoms with van der Waals surface area (Å²) in [6.07, 6.45) is -4.11. The molecule has 1 saturated carbocycles. The Bertz CT molecular complexity index is 1280. The number of nitrogens with zero attached hydrogens (tertiary/aromatic N) is 2. The summed E-state index contributed by atoms with van der Waals surface area (Å²) in [7, 11) is 0. The Hall–Kier alpha value is -2.92. The van der Waals surface area contributed by atoms with Crippen LogP contribution in [0.25, 0.3) is 10.6 Å². The molecule has 3 aromatic rings. The molecule has 1 N–H and O–H groups in total. The van der Waals surface area contributed by atoms with E-state index in [4.69, 9.17) is 0 Å². The van der Waals surface area contributed by atoms with Crippen LogP contribution in [0.15, 0.2) is 54.0 Å². The number of halogens is 6. The van der Waals surface area contributed by atoms with Gasteiger partial charge < -0.3 is 5.32 Å². The molecule has 0 atom stereocenters. The van der Waals surface area contributed by atoms with Gasteiger partial charge in [-0.05, 0) is 85.1 Å². The summed E-state index contributed by atoms with van der Waals surface area (Å²) in [5.41, 5.74) is -1.71. The summed E-state index contributed by atoms with van der Waals surface area (Å²) < 4.78 is 79.5. The first-order valence-electron chi connectivity index (χ1n) is 13.2.